The molecule has 0 rings (SSSR count). The summed E-state index contributed by atoms with van der Waals surface area (Å²) in [5.41, 5.74) is 0. The van der Waals surface area contributed by atoms with Gasteiger partial charge in [0.2, 0.25) is 19.7 Å². The van der Waals surface area contributed by atoms with Crippen LogP contribution >= 0.6 is 0 Å². The van der Waals surface area contributed by atoms with Gasteiger partial charge in [-0.05, 0) is 0 Å². The maximum absolute atomic E-state index is 13.1. The molecule has 0 saturated carbocycles. The van der Waals surface area contributed by atoms with E-state index < -0.39 is 79.1 Å². The van der Waals surface area contributed by atoms with Crippen LogP contribution in [0.2, 0.25) is 0 Å². The molecular weight excluding hydrogens is 530 g/mol. The Morgan fingerprint density at radius 2 is 0.710 bits per heavy atom. The summed E-state index contributed by atoms with van der Waals surface area (Å²) < 4.78 is 222. The lowest BCUT2D eigenvalue weighted by molar-refractivity contribution is -0.332. The van der Waals surface area contributed by atoms with E-state index in [2.05, 4.69) is 4.74 Å². The van der Waals surface area contributed by atoms with Crippen molar-refractivity contribution in [3.63, 3.8) is 0 Å². The van der Waals surface area contributed by atoms with Gasteiger partial charge in [0.05, 0.1) is 24.7 Å². The van der Waals surface area contributed by atoms with Gasteiger partial charge in [0, 0.05) is 0 Å². The van der Waals surface area contributed by atoms with E-state index in [1.165, 1.54) is 0 Å². The zero-order chi connectivity index (χ0) is 25.5. The van der Waals surface area contributed by atoms with Crippen LogP contribution in [0.15, 0.2) is 0 Å². The number of ether oxygens (including phenoxy) is 1. The predicted octanol–water partition coefficient (Wildman–Crippen LogP) is 3.41. The minimum absolute atomic E-state index is 1.84. The van der Waals surface area contributed by atoms with Crippen molar-refractivity contribution in [2.24, 2.45) is 0 Å². The molecule has 0 aromatic carbocycles. The maximum atomic E-state index is 13.1. The minimum Gasteiger partial charge on any atom is -0.379 e. The summed E-state index contributed by atoms with van der Waals surface area (Å²) in [7, 11) is -13.4. The van der Waals surface area contributed by atoms with Gasteiger partial charge in [0.15, 0.2) is 0 Å². The molecule has 0 fully saturated rings. The topological polar surface area (TPSA) is 77.5 Å². The molecule has 0 spiro atoms. The van der Waals surface area contributed by atoms with Crippen molar-refractivity contribution in [1.82, 2.24) is 0 Å². The normalized spacial score (nSPS) is 15.9. The van der Waals surface area contributed by atoms with Crippen LogP contribution in [0.4, 0.5) is 61.5 Å². The first-order valence-electron chi connectivity index (χ1n) is 6.88. The molecule has 0 radical (unpaired) electrons. The summed E-state index contributed by atoms with van der Waals surface area (Å²) in [5, 5.41) is -13.5. The molecule has 0 aliphatic heterocycles. The summed E-state index contributed by atoms with van der Waals surface area (Å²) in [6, 6.07) is 0. The molecule has 0 aliphatic carbocycles. The minimum atomic E-state index is -7.09. The first kappa shape index (κ1) is 29.9. The van der Waals surface area contributed by atoms with E-state index in [0.29, 0.717) is 0 Å². The number of alkyl halides is 14. The molecule has 21 heteroatoms. The highest BCUT2D eigenvalue weighted by Crippen LogP contribution is 2.50. The number of hydrogen-bond donors (Lipinski definition) is 0. The van der Waals surface area contributed by atoms with Gasteiger partial charge in [-0.2, -0.15) is 61.5 Å². The van der Waals surface area contributed by atoms with E-state index in [4.69, 9.17) is 0 Å². The van der Waals surface area contributed by atoms with E-state index in [1.54, 1.807) is 0 Å². The van der Waals surface area contributed by atoms with E-state index in [1.807, 2.05) is 0 Å². The smallest absolute Gasteiger partial charge is 0.379 e. The Balaban J connectivity index is 5.19. The summed E-state index contributed by atoms with van der Waals surface area (Å²) in [4.78, 5) is 0. The van der Waals surface area contributed by atoms with E-state index in [9.17, 15) is 78.3 Å². The average Bonchev–Trinajstić information content (AvgIpc) is 2.51. The first-order valence-corrected chi connectivity index (χ1v) is 10.2. The van der Waals surface area contributed by atoms with Gasteiger partial charge in [0.25, 0.3) is 0 Å². The lowest BCUT2D eigenvalue weighted by Crippen LogP contribution is -2.57. The molecule has 0 N–H and O–H groups in total. The summed E-state index contributed by atoms with van der Waals surface area (Å²) in [6.45, 7) is -3.69. The van der Waals surface area contributed by atoms with Gasteiger partial charge in [-0.25, -0.2) is 16.8 Å². The summed E-state index contributed by atoms with van der Waals surface area (Å²) >= 11 is 0. The van der Waals surface area contributed by atoms with Crippen LogP contribution in [-0.2, 0) is 24.4 Å². The van der Waals surface area contributed by atoms with Crippen molar-refractivity contribution in [2.75, 3.05) is 24.7 Å². The Morgan fingerprint density at radius 1 is 0.484 bits per heavy atom. The molecule has 188 valence electrons. The Morgan fingerprint density at radius 3 is 0.903 bits per heavy atom. The molecule has 0 aliphatic rings. The van der Waals surface area contributed by atoms with Crippen LogP contribution in [0.1, 0.15) is 0 Å². The molecule has 0 unspecified atom stereocenters. The summed E-state index contributed by atoms with van der Waals surface area (Å²) in [5.74, 6) is -18.9. The highest BCUT2D eigenvalue weighted by molar-refractivity contribution is 7.92. The third-order valence-electron chi connectivity index (χ3n) is 3.22. The molecule has 0 saturated heterocycles. The highest BCUT2D eigenvalue weighted by Gasteiger charge is 2.79. The second kappa shape index (κ2) is 8.34. The second-order valence-corrected chi connectivity index (χ2v) is 9.73. The fourth-order valence-corrected chi connectivity index (χ4v) is 3.62. The molecule has 5 nitrogen and oxygen atoms in total. The molecular formula is C10H8F14O5S2. The molecule has 0 bridgehead atoms. The van der Waals surface area contributed by atoms with Gasteiger partial charge >= 0.3 is 34.7 Å². The van der Waals surface area contributed by atoms with Crippen LogP contribution in [0.25, 0.3) is 0 Å². The average molecular weight is 538 g/mol. The fourth-order valence-electron chi connectivity index (χ4n) is 1.42. The lowest BCUT2D eigenvalue weighted by Gasteiger charge is -2.28. The Kier molecular flexibility index (Phi) is 8.04. The SMILES string of the molecule is O=S(=O)(CCOCCS(=O)(=O)C(F)(F)C(F)(F)C(F)(F)F)C(F)(F)C(F)(F)C(F)(F)F. The third-order valence-corrected chi connectivity index (χ3v) is 6.70. The lowest BCUT2D eigenvalue weighted by atomic mass is 10.3. The van der Waals surface area contributed by atoms with Crippen LogP contribution < -0.4 is 0 Å². The quantitative estimate of drug-likeness (QED) is 0.315. The second-order valence-electron chi connectivity index (χ2n) is 5.43. The first-order chi connectivity index (χ1) is 13.2. The van der Waals surface area contributed by atoms with Crippen LogP contribution in [0, 0.1) is 0 Å². The van der Waals surface area contributed by atoms with Crippen molar-refractivity contribution in [3.8, 4) is 0 Å². The largest absolute Gasteiger partial charge is 0.461 e. The van der Waals surface area contributed by atoms with Crippen molar-refractivity contribution in [2.45, 2.75) is 34.7 Å². The van der Waals surface area contributed by atoms with Crippen LogP contribution in [0.5, 0.6) is 0 Å². The zero-order valence-electron chi connectivity index (χ0n) is 14.0. The van der Waals surface area contributed by atoms with E-state index in [0.717, 1.165) is 0 Å². The van der Waals surface area contributed by atoms with Crippen molar-refractivity contribution < 1.29 is 83.0 Å². The number of hydrogen-bond acceptors (Lipinski definition) is 5. The zero-order valence-corrected chi connectivity index (χ0v) is 15.6. The molecule has 31 heavy (non-hydrogen) atoms. The van der Waals surface area contributed by atoms with Crippen molar-refractivity contribution in [1.29, 1.82) is 0 Å². The standard InChI is InChI=1S/C10H8F14O5S2/c11-5(12,7(15,16)17)9(21,22)30(25,26)3-1-29-2-4-31(27,28)10(23,24)6(13,14)8(18,19)20/h1-4H2. The molecule has 0 aromatic rings. The number of rotatable bonds is 10. The monoisotopic (exact) mass is 538 g/mol. The van der Waals surface area contributed by atoms with Gasteiger partial charge in [-0.1, -0.05) is 0 Å². The van der Waals surface area contributed by atoms with Crippen LogP contribution in [-0.4, -0.2) is 76.3 Å². The van der Waals surface area contributed by atoms with Gasteiger partial charge in [-0.15, -0.1) is 0 Å². The molecule has 0 aromatic heterocycles. The number of sulfone groups is 2. The maximum Gasteiger partial charge on any atom is 0.461 e. The fraction of sp³-hybridized carbons (Fsp3) is 1.00. The number of halogens is 14. The molecule has 0 atom stereocenters. The summed E-state index contributed by atoms with van der Waals surface area (Å²) in [6.07, 6.45) is -14.1. The Bertz CT molecular complexity index is 770. The molecule has 0 amide bonds. The Labute approximate surface area is 163 Å². The van der Waals surface area contributed by atoms with E-state index in [-0.39, 0.29) is 0 Å². The van der Waals surface area contributed by atoms with Crippen molar-refractivity contribution >= 4 is 19.7 Å². The van der Waals surface area contributed by atoms with Crippen LogP contribution in [0.3, 0.4) is 0 Å². The van der Waals surface area contributed by atoms with Crippen molar-refractivity contribution in [3.05, 3.63) is 0 Å². The predicted molar refractivity (Wildman–Crippen MR) is 70.3 cm³/mol. The van der Waals surface area contributed by atoms with Gasteiger partial charge in [-0.3, -0.25) is 0 Å². The van der Waals surface area contributed by atoms with Gasteiger partial charge in [0.1, 0.15) is 0 Å². The third kappa shape index (κ3) is 5.28. The van der Waals surface area contributed by atoms with Gasteiger partial charge < -0.3 is 4.74 Å². The highest BCUT2D eigenvalue weighted by atomic mass is 32.2. The van der Waals surface area contributed by atoms with E-state index >= 15 is 0 Å². The Hall–Kier alpha value is -1.12. The molecule has 0 heterocycles.